The Morgan fingerprint density at radius 1 is 1.46 bits per heavy atom. The molecule has 0 aromatic carbocycles. The summed E-state index contributed by atoms with van der Waals surface area (Å²) in [7, 11) is 0. The molecule has 1 aromatic rings. The van der Waals surface area contributed by atoms with Crippen molar-refractivity contribution in [3.63, 3.8) is 0 Å². The number of rotatable bonds is 2. The van der Waals surface area contributed by atoms with E-state index >= 15 is 0 Å². The van der Waals surface area contributed by atoms with E-state index < -0.39 is 11.7 Å². The van der Waals surface area contributed by atoms with Gasteiger partial charge in [-0.3, -0.25) is 0 Å². The largest absolute Gasteiger partial charge is 0.411 e. The Bertz CT molecular complexity index is 289. The molecule has 1 heterocycles. The van der Waals surface area contributed by atoms with Crippen LogP contribution in [-0.2, 0) is 0 Å². The summed E-state index contributed by atoms with van der Waals surface area (Å²) in [6.45, 7) is 0. The molecule has 1 N–H and O–H groups in total. The fraction of sp³-hybridized carbons (Fsp3) is 0.571. The summed E-state index contributed by atoms with van der Waals surface area (Å²) in [4.78, 5) is 3.76. The molecule has 1 aromatic heterocycles. The number of hydrogen-bond donors (Lipinski definition) is 1. The smallest absolute Gasteiger partial charge is 0.347 e. The van der Waals surface area contributed by atoms with Crippen LogP contribution in [0.5, 0.6) is 0 Å². The van der Waals surface area contributed by atoms with Gasteiger partial charge in [0, 0.05) is 11.6 Å². The van der Waals surface area contributed by atoms with Crippen LogP contribution in [0.1, 0.15) is 12.8 Å². The highest BCUT2D eigenvalue weighted by Gasteiger charge is 2.63. The van der Waals surface area contributed by atoms with Crippen molar-refractivity contribution in [3.05, 3.63) is 11.6 Å². The maximum atomic E-state index is 12.4. The molecule has 0 unspecified atom stereocenters. The Morgan fingerprint density at radius 3 is 2.54 bits per heavy atom. The molecule has 13 heavy (non-hydrogen) atoms. The molecular weight excluding hydrogens is 201 g/mol. The molecular formula is C7H7F3N2S. The third-order valence-corrected chi connectivity index (χ3v) is 2.76. The highest BCUT2D eigenvalue weighted by molar-refractivity contribution is 7.13. The lowest BCUT2D eigenvalue weighted by Crippen LogP contribution is -2.38. The monoisotopic (exact) mass is 208 g/mol. The van der Waals surface area contributed by atoms with E-state index in [2.05, 4.69) is 10.3 Å². The fourth-order valence-corrected chi connectivity index (χ4v) is 1.72. The van der Waals surface area contributed by atoms with Gasteiger partial charge in [0.25, 0.3) is 0 Å². The molecule has 0 radical (unpaired) electrons. The molecule has 1 fully saturated rings. The molecule has 72 valence electrons. The van der Waals surface area contributed by atoms with Crippen LogP contribution >= 0.6 is 11.3 Å². The van der Waals surface area contributed by atoms with Crippen LogP contribution in [0.2, 0.25) is 0 Å². The van der Waals surface area contributed by atoms with Crippen LogP contribution in [0.15, 0.2) is 11.6 Å². The van der Waals surface area contributed by atoms with Crippen LogP contribution in [0.4, 0.5) is 18.3 Å². The van der Waals surface area contributed by atoms with E-state index in [0.717, 1.165) is 0 Å². The van der Waals surface area contributed by atoms with Crippen LogP contribution in [0.25, 0.3) is 0 Å². The van der Waals surface area contributed by atoms with Crippen LogP contribution in [-0.4, -0.2) is 16.7 Å². The molecule has 6 heteroatoms. The van der Waals surface area contributed by atoms with Gasteiger partial charge >= 0.3 is 6.18 Å². The van der Waals surface area contributed by atoms with Crippen molar-refractivity contribution in [1.82, 2.24) is 4.98 Å². The second-order valence-electron chi connectivity index (χ2n) is 3.04. The van der Waals surface area contributed by atoms with Crippen molar-refractivity contribution < 1.29 is 13.2 Å². The number of thiazole rings is 1. The number of hydrogen-bond acceptors (Lipinski definition) is 3. The van der Waals surface area contributed by atoms with E-state index in [4.69, 9.17) is 0 Å². The van der Waals surface area contributed by atoms with E-state index in [9.17, 15) is 13.2 Å². The standard InChI is InChI=1S/C7H7F3N2S/c8-7(9,10)6(1-2-6)12-5-11-3-4-13-5/h3-4H,1-2H2,(H,11,12). The minimum atomic E-state index is -4.17. The third kappa shape index (κ3) is 1.50. The third-order valence-electron chi connectivity index (χ3n) is 2.07. The molecule has 0 amide bonds. The van der Waals surface area contributed by atoms with Crippen molar-refractivity contribution in [1.29, 1.82) is 0 Å². The second kappa shape index (κ2) is 2.60. The second-order valence-corrected chi connectivity index (χ2v) is 3.94. The Kier molecular flexibility index (Phi) is 1.76. The van der Waals surface area contributed by atoms with E-state index in [0.29, 0.717) is 5.13 Å². The first kappa shape index (κ1) is 8.80. The molecule has 1 saturated carbocycles. The lowest BCUT2D eigenvalue weighted by Gasteiger charge is -2.19. The highest BCUT2D eigenvalue weighted by atomic mass is 32.1. The van der Waals surface area contributed by atoms with Gasteiger partial charge in [-0.2, -0.15) is 13.2 Å². The summed E-state index contributed by atoms with van der Waals surface area (Å²) in [5, 5.41) is 4.42. The van der Waals surface area contributed by atoms with E-state index in [1.807, 2.05) is 0 Å². The SMILES string of the molecule is FC(F)(F)C1(Nc2nccs2)CC1. The van der Waals surface area contributed by atoms with Gasteiger partial charge < -0.3 is 5.32 Å². The molecule has 0 atom stereocenters. The number of anilines is 1. The average molecular weight is 208 g/mol. The van der Waals surface area contributed by atoms with Gasteiger partial charge in [-0.05, 0) is 12.8 Å². The van der Waals surface area contributed by atoms with Gasteiger partial charge in [-0.15, -0.1) is 11.3 Å². The van der Waals surface area contributed by atoms with Crippen molar-refractivity contribution in [2.24, 2.45) is 0 Å². The first-order chi connectivity index (χ1) is 6.04. The van der Waals surface area contributed by atoms with E-state index in [1.54, 1.807) is 5.38 Å². The number of aromatic nitrogens is 1. The number of alkyl halides is 3. The summed E-state index contributed by atoms with van der Waals surface area (Å²) in [5.74, 6) is 0. The molecule has 0 aliphatic heterocycles. The summed E-state index contributed by atoms with van der Waals surface area (Å²) < 4.78 is 37.2. The summed E-state index contributed by atoms with van der Waals surface area (Å²) in [6.07, 6.45) is -2.38. The first-order valence-electron chi connectivity index (χ1n) is 3.78. The zero-order valence-corrected chi connectivity index (χ0v) is 7.37. The zero-order chi connectivity index (χ0) is 9.53. The number of nitrogens with zero attached hydrogens (tertiary/aromatic N) is 1. The average Bonchev–Trinajstić information content (AvgIpc) is 2.59. The fourth-order valence-electron chi connectivity index (χ4n) is 1.09. The minimum absolute atomic E-state index is 0.149. The van der Waals surface area contributed by atoms with Gasteiger partial charge in [-0.25, -0.2) is 4.98 Å². The Labute approximate surface area is 76.8 Å². The molecule has 0 spiro atoms. The molecule has 2 nitrogen and oxygen atoms in total. The van der Waals surface area contributed by atoms with Gasteiger partial charge in [-0.1, -0.05) is 0 Å². The highest BCUT2D eigenvalue weighted by Crippen LogP contribution is 2.51. The van der Waals surface area contributed by atoms with Gasteiger partial charge in [0.15, 0.2) is 5.13 Å². The number of halogens is 3. The topological polar surface area (TPSA) is 24.9 Å². The lowest BCUT2D eigenvalue weighted by molar-refractivity contribution is -0.151. The molecule has 0 bridgehead atoms. The maximum absolute atomic E-state index is 12.4. The van der Waals surface area contributed by atoms with Crippen molar-refractivity contribution in [2.45, 2.75) is 24.6 Å². The number of nitrogens with one attached hydrogen (secondary N) is 1. The van der Waals surface area contributed by atoms with Crippen molar-refractivity contribution >= 4 is 16.5 Å². The maximum Gasteiger partial charge on any atom is 0.411 e. The van der Waals surface area contributed by atoms with Crippen LogP contribution in [0.3, 0.4) is 0 Å². The van der Waals surface area contributed by atoms with Gasteiger partial charge in [0.1, 0.15) is 5.54 Å². The summed E-state index contributed by atoms with van der Waals surface area (Å²) >= 11 is 1.18. The first-order valence-corrected chi connectivity index (χ1v) is 4.66. The lowest BCUT2D eigenvalue weighted by atomic mass is 10.3. The molecule has 0 saturated heterocycles. The van der Waals surface area contributed by atoms with Gasteiger partial charge in [0.05, 0.1) is 0 Å². The molecule has 1 aliphatic carbocycles. The predicted molar refractivity (Wildman–Crippen MR) is 43.8 cm³/mol. The normalized spacial score (nSPS) is 19.9. The minimum Gasteiger partial charge on any atom is -0.347 e. The van der Waals surface area contributed by atoms with Crippen LogP contribution < -0.4 is 5.32 Å². The van der Waals surface area contributed by atoms with Gasteiger partial charge in [0.2, 0.25) is 0 Å². The summed E-state index contributed by atoms with van der Waals surface area (Å²) in [5.41, 5.74) is -1.69. The zero-order valence-electron chi connectivity index (χ0n) is 6.56. The predicted octanol–water partition coefficient (Wildman–Crippen LogP) is 2.65. The summed E-state index contributed by atoms with van der Waals surface area (Å²) in [6, 6.07) is 0. The quantitative estimate of drug-likeness (QED) is 0.808. The van der Waals surface area contributed by atoms with Crippen molar-refractivity contribution in [2.75, 3.05) is 5.32 Å². The Morgan fingerprint density at radius 2 is 2.15 bits per heavy atom. The van der Waals surface area contributed by atoms with E-state index in [1.165, 1.54) is 17.5 Å². The van der Waals surface area contributed by atoms with Crippen LogP contribution in [0, 0.1) is 0 Å². The van der Waals surface area contributed by atoms with Crippen molar-refractivity contribution in [3.8, 4) is 0 Å². The van der Waals surface area contributed by atoms with E-state index in [-0.39, 0.29) is 12.8 Å². The Balaban J connectivity index is 2.10. The molecule has 2 rings (SSSR count). The Hall–Kier alpha value is -0.780. The molecule has 1 aliphatic rings.